The molecule has 1 amide bonds. The Hall–Kier alpha value is -4.37. The first-order valence-corrected chi connectivity index (χ1v) is 12.3. The molecule has 3 aromatic rings. The van der Waals surface area contributed by atoms with Crippen LogP contribution < -0.4 is 15.6 Å². The number of aryl methyl sites for hydroxylation is 1. The number of hydrogen-bond acceptors (Lipinski definition) is 7. The van der Waals surface area contributed by atoms with E-state index in [1.54, 1.807) is 24.3 Å². The molecular weight excluding hydrogens is 484 g/mol. The Morgan fingerprint density at radius 2 is 2.00 bits per heavy atom. The molecule has 0 saturated heterocycles. The molecule has 0 unspecified atom stereocenters. The lowest BCUT2D eigenvalue weighted by atomic mass is 9.91. The fraction of sp³-hybridized carbons (Fsp3) is 0.286. The Kier molecular flexibility index (Phi) is 8.94. The second kappa shape index (κ2) is 12.7. The van der Waals surface area contributed by atoms with Crippen LogP contribution in [0.4, 0.5) is 5.69 Å². The maximum Gasteiger partial charge on any atom is 0.266 e. The number of azide groups is 1. The fourth-order valence-electron chi connectivity index (χ4n) is 4.12. The van der Waals surface area contributed by atoms with Crippen LogP contribution in [0.5, 0.6) is 5.75 Å². The number of hydrazine groups is 1. The van der Waals surface area contributed by atoms with Gasteiger partial charge in [-0.15, -0.1) is 0 Å². The van der Waals surface area contributed by atoms with Crippen LogP contribution in [0.1, 0.15) is 28.7 Å². The van der Waals surface area contributed by atoms with E-state index >= 15 is 0 Å². The minimum absolute atomic E-state index is 0.0135. The molecule has 4 rings (SSSR count). The van der Waals surface area contributed by atoms with Crippen molar-refractivity contribution in [1.82, 2.24) is 10.9 Å². The lowest BCUT2D eigenvalue weighted by Crippen LogP contribution is -2.52. The minimum atomic E-state index is -1.29. The number of aliphatic hydroxyl groups excluding tert-OH is 1. The smallest absolute Gasteiger partial charge is 0.266 e. The van der Waals surface area contributed by atoms with Crippen LogP contribution in [-0.2, 0) is 22.5 Å². The van der Waals surface area contributed by atoms with Gasteiger partial charge in [0.15, 0.2) is 5.54 Å². The number of hydrogen-bond donors (Lipinski definition) is 3. The summed E-state index contributed by atoms with van der Waals surface area (Å²) >= 11 is 0. The number of amides is 1. The molecule has 3 N–H and O–H groups in total. The van der Waals surface area contributed by atoms with Gasteiger partial charge in [-0.25, -0.2) is 10.4 Å². The van der Waals surface area contributed by atoms with Crippen molar-refractivity contribution in [3.8, 4) is 5.75 Å². The molecule has 0 aromatic heterocycles. The maximum atomic E-state index is 13.6. The van der Waals surface area contributed by atoms with Crippen molar-refractivity contribution in [1.29, 1.82) is 0 Å². The molecule has 1 aliphatic heterocycles. The predicted molar refractivity (Wildman–Crippen MR) is 144 cm³/mol. The first-order chi connectivity index (χ1) is 18.5. The molecule has 1 atom stereocenters. The highest BCUT2D eigenvalue weighted by Crippen LogP contribution is 2.31. The van der Waals surface area contributed by atoms with E-state index in [-0.39, 0.29) is 25.5 Å². The molecule has 3 aromatic carbocycles. The highest BCUT2D eigenvalue weighted by Gasteiger charge is 2.45. The Labute approximate surface area is 220 Å². The summed E-state index contributed by atoms with van der Waals surface area (Å²) in [7, 11) is 0. The van der Waals surface area contributed by atoms with Gasteiger partial charge in [0.2, 0.25) is 5.90 Å². The Morgan fingerprint density at radius 3 is 2.76 bits per heavy atom. The van der Waals surface area contributed by atoms with Crippen molar-refractivity contribution < 1.29 is 19.4 Å². The Morgan fingerprint density at radius 1 is 1.18 bits per heavy atom. The molecule has 0 radical (unpaired) electrons. The van der Waals surface area contributed by atoms with Gasteiger partial charge in [0, 0.05) is 42.2 Å². The Balaban J connectivity index is 1.56. The molecule has 196 valence electrons. The van der Waals surface area contributed by atoms with E-state index in [0.29, 0.717) is 48.0 Å². The SMILES string of the molecule is Cc1cccc(CNNC(=O)[C@]2(Cc3ccccc3N=[N+]=[N-])COC(c3ccc(OCCCO)cc3)=N2)c1. The van der Waals surface area contributed by atoms with E-state index in [2.05, 4.69) is 20.9 Å². The van der Waals surface area contributed by atoms with Crippen LogP contribution in [-0.4, -0.2) is 42.3 Å². The third-order valence-electron chi connectivity index (χ3n) is 6.06. The summed E-state index contributed by atoms with van der Waals surface area (Å²) in [6.45, 7) is 2.94. The lowest BCUT2D eigenvalue weighted by Gasteiger charge is -2.24. The zero-order valence-electron chi connectivity index (χ0n) is 21.1. The molecule has 1 aliphatic rings. The third-order valence-corrected chi connectivity index (χ3v) is 6.06. The van der Waals surface area contributed by atoms with Gasteiger partial charge in [-0.3, -0.25) is 10.2 Å². The molecule has 0 bridgehead atoms. The number of carbonyl (C=O) groups excluding carboxylic acids is 1. The number of aliphatic imine (C=N–C) groups is 1. The average Bonchev–Trinajstić information content (AvgIpc) is 3.36. The van der Waals surface area contributed by atoms with Crippen LogP contribution in [0.2, 0.25) is 0 Å². The molecule has 0 fully saturated rings. The second-order valence-corrected chi connectivity index (χ2v) is 8.98. The third kappa shape index (κ3) is 6.68. The quantitative estimate of drug-likeness (QED) is 0.109. The van der Waals surface area contributed by atoms with Gasteiger partial charge in [0.1, 0.15) is 12.4 Å². The van der Waals surface area contributed by atoms with Crippen molar-refractivity contribution in [2.45, 2.75) is 31.8 Å². The summed E-state index contributed by atoms with van der Waals surface area (Å²) < 4.78 is 11.5. The van der Waals surface area contributed by atoms with Crippen LogP contribution in [0.3, 0.4) is 0 Å². The number of nitrogens with zero attached hydrogens (tertiary/aromatic N) is 4. The van der Waals surface area contributed by atoms with E-state index in [0.717, 1.165) is 11.1 Å². The molecule has 10 nitrogen and oxygen atoms in total. The van der Waals surface area contributed by atoms with Crippen LogP contribution in [0.15, 0.2) is 82.9 Å². The summed E-state index contributed by atoms with van der Waals surface area (Å²) in [5.41, 5.74) is 17.5. The second-order valence-electron chi connectivity index (χ2n) is 8.98. The largest absolute Gasteiger partial charge is 0.494 e. The van der Waals surface area contributed by atoms with Gasteiger partial charge in [0.25, 0.3) is 5.91 Å². The molecule has 38 heavy (non-hydrogen) atoms. The molecule has 0 aliphatic carbocycles. The van der Waals surface area contributed by atoms with Gasteiger partial charge in [-0.1, -0.05) is 59.2 Å². The highest BCUT2D eigenvalue weighted by atomic mass is 16.5. The first kappa shape index (κ1) is 26.7. The number of carbonyl (C=O) groups is 1. The van der Waals surface area contributed by atoms with Crippen LogP contribution in [0.25, 0.3) is 10.4 Å². The van der Waals surface area contributed by atoms with Crippen LogP contribution in [0, 0.1) is 6.92 Å². The van der Waals surface area contributed by atoms with Gasteiger partial charge >= 0.3 is 0 Å². The summed E-state index contributed by atoms with van der Waals surface area (Å²) in [6, 6.07) is 22.3. The normalized spacial score (nSPS) is 16.2. The number of nitrogens with one attached hydrogen (secondary N) is 2. The summed E-state index contributed by atoms with van der Waals surface area (Å²) in [6.07, 6.45) is 0.719. The van der Waals surface area contributed by atoms with Crippen molar-refractivity contribution in [2.75, 3.05) is 19.8 Å². The van der Waals surface area contributed by atoms with E-state index in [9.17, 15) is 4.79 Å². The maximum absolute atomic E-state index is 13.6. The van der Waals surface area contributed by atoms with E-state index < -0.39 is 5.54 Å². The number of rotatable bonds is 12. The highest BCUT2D eigenvalue weighted by molar-refractivity contribution is 6.00. The molecule has 0 saturated carbocycles. The van der Waals surface area contributed by atoms with Gasteiger partial charge in [0.05, 0.1) is 6.61 Å². The fourth-order valence-corrected chi connectivity index (χ4v) is 4.12. The van der Waals surface area contributed by atoms with Crippen molar-refractivity contribution in [2.24, 2.45) is 10.1 Å². The number of benzene rings is 3. The summed E-state index contributed by atoms with van der Waals surface area (Å²) in [4.78, 5) is 21.3. The summed E-state index contributed by atoms with van der Waals surface area (Å²) in [5, 5.41) is 12.7. The van der Waals surface area contributed by atoms with Gasteiger partial charge < -0.3 is 14.6 Å². The van der Waals surface area contributed by atoms with Gasteiger partial charge in [-0.05, 0) is 47.8 Å². The molecule has 1 heterocycles. The molecular formula is C28H30N6O4. The molecule has 10 heteroatoms. The van der Waals surface area contributed by atoms with Crippen molar-refractivity contribution >= 4 is 17.5 Å². The van der Waals surface area contributed by atoms with E-state index in [1.807, 2.05) is 55.5 Å². The van der Waals surface area contributed by atoms with E-state index in [4.69, 9.17) is 25.1 Å². The predicted octanol–water partition coefficient (Wildman–Crippen LogP) is 4.28. The van der Waals surface area contributed by atoms with Crippen molar-refractivity contribution in [3.63, 3.8) is 0 Å². The average molecular weight is 515 g/mol. The van der Waals surface area contributed by atoms with Crippen molar-refractivity contribution in [3.05, 3.63) is 105 Å². The molecule has 0 spiro atoms. The Bertz CT molecular complexity index is 1340. The summed E-state index contributed by atoms with van der Waals surface area (Å²) in [5.74, 6) is 0.635. The minimum Gasteiger partial charge on any atom is -0.494 e. The zero-order valence-corrected chi connectivity index (χ0v) is 21.1. The monoisotopic (exact) mass is 514 g/mol. The number of aliphatic hydroxyl groups is 1. The zero-order chi connectivity index (χ0) is 26.8. The van der Waals surface area contributed by atoms with Gasteiger partial charge in [-0.2, -0.15) is 0 Å². The van der Waals surface area contributed by atoms with E-state index in [1.165, 1.54) is 0 Å². The number of ether oxygens (including phenoxy) is 2. The topological polar surface area (TPSA) is 141 Å². The van der Waals surface area contributed by atoms with Crippen LogP contribution >= 0.6 is 0 Å². The lowest BCUT2D eigenvalue weighted by molar-refractivity contribution is -0.127. The standard InChI is InChI=1S/C28H30N6O4/c1-20-6-4-7-21(16-20)18-30-33-27(36)28(17-23-8-2-3-9-25(23)32-34-29)19-38-26(31-28)22-10-12-24(13-11-22)37-15-5-14-35/h2-4,6-13,16,30,35H,5,14-15,17-19H2,1H3,(H,33,36)/t28-/m0/s1. The first-order valence-electron chi connectivity index (χ1n) is 12.3.